The Morgan fingerprint density at radius 1 is 1.06 bits per heavy atom. The van der Waals surface area contributed by atoms with Gasteiger partial charge in [0.15, 0.2) is 0 Å². The molecule has 1 saturated heterocycles. The maximum absolute atomic E-state index is 3.57. The first-order chi connectivity index (χ1) is 8.40. The summed E-state index contributed by atoms with van der Waals surface area (Å²) in [6, 6.07) is 1.37. The lowest BCUT2D eigenvalue weighted by atomic mass is 10.1. The van der Waals surface area contributed by atoms with Gasteiger partial charge in [0.1, 0.15) is 0 Å². The fourth-order valence-electron chi connectivity index (χ4n) is 2.79. The van der Waals surface area contributed by atoms with E-state index >= 15 is 0 Å². The minimum Gasteiger partial charge on any atom is -0.316 e. The second kappa shape index (κ2) is 7.46. The number of likely N-dealkylation sites (N-methyl/N-ethyl adjacent to an activating group) is 1. The molecule has 3 heteroatoms. The topological polar surface area (TPSA) is 18.5 Å². The zero-order valence-electron chi connectivity index (χ0n) is 13.2. The van der Waals surface area contributed by atoms with Crippen LogP contribution in [0, 0.1) is 11.8 Å². The summed E-state index contributed by atoms with van der Waals surface area (Å²) in [4.78, 5) is 5.13. The quantitative estimate of drug-likeness (QED) is 0.782. The van der Waals surface area contributed by atoms with Crippen molar-refractivity contribution in [1.82, 2.24) is 15.1 Å². The standard InChI is InChI=1S/C15H33N3/c1-12(2)7-16-8-13(3)9-18-10-14(4)17(6)15(5)11-18/h12-16H,7-11H2,1-6H3. The number of nitrogens with zero attached hydrogens (tertiary/aromatic N) is 2. The third kappa shape index (κ3) is 5.25. The average molecular weight is 255 g/mol. The first-order valence-electron chi connectivity index (χ1n) is 7.55. The molecular formula is C15H33N3. The Kier molecular flexibility index (Phi) is 6.61. The molecule has 0 saturated carbocycles. The highest BCUT2D eigenvalue weighted by molar-refractivity contribution is 4.83. The lowest BCUT2D eigenvalue weighted by molar-refractivity contribution is 0.0521. The summed E-state index contributed by atoms with van der Waals surface area (Å²) in [7, 11) is 2.25. The Labute approximate surface area is 114 Å². The van der Waals surface area contributed by atoms with Crippen LogP contribution in [0.15, 0.2) is 0 Å². The van der Waals surface area contributed by atoms with Gasteiger partial charge in [0.05, 0.1) is 0 Å². The van der Waals surface area contributed by atoms with Crippen molar-refractivity contribution in [3.8, 4) is 0 Å². The van der Waals surface area contributed by atoms with E-state index in [4.69, 9.17) is 0 Å². The van der Waals surface area contributed by atoms with Crippen molar-refractivity contribution in [1.29, 1.82) is 0 Å². The van der Waals surface area contributed by atoms with E-state index in [9.17, 15) is 0 Å². The Hall–Kier alpha value is -0.120. The highest BCUT2D eigenvalue weighted by Gasteiger charge is 2.26. The van der Waals surface area contributed by atoms with Gasteiger partial charge in [0.25, 0.3) is 0 Å². The molecule has 1 aliphatic rings. The summed E-state index contributed by atoms with van der Waals surface area (Å²) in [6.45, 7) is 17.5. The van der Waals surface area contributed by atoms with Crippen LogP contribution in [-0.2, 0) is 0 Å². The second-order valence-corrected chi connectivity index (χ2v) is 6.74. The van der Waals surface area contributed by atoms with Crippen molar-refractivity contribution < 1.29 is 0 Å². The van der Waals surface area contributed by atoms with Crippen molar-refractivity contribution in [3.05, 3.63) is 0 Å². The SMILES string of the molecule is CC(C)CNCC(C)CN1CC(C)N(C)C(C)C1. The number of hydrogen-bond acceptors (Lipinski definition) is 3. The molecule has 0 aromatic carbocycles. The lowest BCUT2D eigenvalue weighted by Gasteiger charge is -2.43. The number of piperazine rings is 1. The van der Waals surface area contributed by atoms with Gasteiger partial charge in [-0.2, -0.15) is 0 Å². The van der Waals surface area contributed by atoms with Gasteiger partial charge in [0.2, 0.25) is 0 Å². The minimum absolute atomic E-state index is 0.685. The number of rotatable bonds is 6. The molecule has 0 aromatic heterocycles. The first kappa shape index (κ1) is 15.9. The summed E-state index contributed by atoms with van der Waals surface area (Å²) < 4.78 is 0. The molecule has 1 fully saturated rings. The summed E-state index contributed by atoms with van der Waals surface area (Å²) in [5, 5.41) is 3.57. The van der Waals surface area contributed by atoms with Gasteiger partial charge in [-0.3, -0.25) is 9.80 Å². The highest BCUT2D eigenvalue weighted by Crippen LogP contribution is 2.14. The molecule has 1 rings (SSSR count). The van der Waals surface area contributed by atoms with Gasteiger partial charge < -0.3 is 5.32 Å². The van der Waals surface area contributed by atoms with Crippen molar-refractivity contribution in [2.75, 3.05) is 39.8 Å². The van der Waals surface area contributed by atoms with Crippen molar-refractivity contribution in [2.45, 2.75) is 46.7 Å². The Morgan fingerprint density at radius 2 is 1.61 bits per heavy atom. The predicted molar refractivity (Wildman–Crippen MR) is 80.0 cm³/mol. The van der Waals surface area contributed by atoms with Gasteiger partial charge in [-0.05, 0) is 45.8 Å². The van der Waals surface area contributed by atoms with Crippen LogP contribution in [0.2, 0.25) is 0 Å². The Bertz CT molecular complexity index is 218. The van der Waals surface area contributed by atoms with E-state index in [1.165, 1.54) is 19.6 Å². The van der Waals surface area contributed by atoms with Crippen LogP contribution in [0.3, 0.4) is 0 Å². The molecule has 3 atom stereocenters. The normalized spacial score (nSPS) is 28.8. The fraction of sp³-hybridized carbons (Fsp3) is 1.00. The van der Waals surface area contributed by atoms with Crippen LogP contribution in [0.25, 0.3) is 0 Å². The van der Waals surface area contributed by atoms with Crippen molar-refractivity contribution in [2.24, 2.45) is 11.8 Å². The van der Waals surface area contributed by atoms with E-state index in [0.717, 1.165) is 24.9 Å². The monoisotopic (exact) mass is 255 g/mol. The predicted octanol–water partition coefficient (Wildman–Crippen LogP) is 1.89. The highest BCUT2D eigenvalue weighted by atomic mass is 15.3. The van der Waals surface area contributed by atoms with E-state index in [0.29, 0.717) is 12.1 Å². The molecule has 0 spiro atoms. The lowest BCUT2D eigenvalue weighted by Crippen LogP contribution is -2.55. The molecule has 3 nitrogen and oxygen atoms in total. The summed E-state index contributed by atoms with van der Waals surface area (Å²) in [5.74, 6) is 1.49. The largest absolute Gasteiger partial charge is 0.316 e. The van der Waals surface area contributed by atoms with E-state index in [-0.39, 0.29) is 0 Å². The molecule has 0 amide bonds. The van der Waals surface area contributed by atoms with Crippen LogP contribution in [0.1, 0.15) is 34.6 Å². The third-order valence-corrected chi connectivity index (χ3v) is 4.05. The van der Waals surface area contributed by atoms with Crippen LogP contribution in [0.5, 0.6) is 0 Å². The van der Waals surface area contributed by atoms with Crippen LogP contribution in [0.4, 0.5) is 0 Å². The van der Waals surface area contributed by atoms with Crippen LogP contribution >= 0.6 is 0 Å². The van der Waals surface area contributed by atoms with E-state index < -0.39 is 0 Å². The Balaban J connectivity index is 2.25. The molecule has 108 valence electrons. The molecule has 1 aliphatic heterocycles. The second-order valence-electron chi connectivity index (χ2n) is 6.74. The Morgan fingerprint density at radius 3 is 2.11 bits per heavy atom. The third-order valence-electron chi connectivity index (χ3n) is 4.05. The number of nitrogens with one attached hydrogen (secondary N) is 1. The maximum Gasteiger partial charge on any atom is 0.0195 e. The summed E-state index contributed by atoms with van der Waals surface area (Å²) >= 11 is 0. The zero-order valence-corrected chi connectivity index (χ0v) is 13.2. The van der Waals surface area contributed by atoms with E-state index in [1.807, 2.05) is 0 Å². The zero-order chi connectivity index (χ0) is 13.7. The van der Waals surface area contributed by atoms with Crippen LogP contribution < -0.4 is 5.32 Å². The van der Waals surface area contributed by atoms with E-state index in [2.05, 4.69) is 56.8 Å². The molecule has 3 unspecified atom stereocenters. The summed E-state index contributed by atoms with van der Waals surface area (Å²) in [5.41, 5.74) is 0. The number of hydrogen-bond donors (Lipinski definition) is 1. The molecule has 1 heterocycles. The van der Waals surface area contributed by atoms with E-state index in [1.54, 1.807) is 0 Å². The smallest absolute Gasteiger partial charge is 0.0195 e. The molecular weight excluding hydrogens is 222 g/mol. The van der Waals surface area contributed by atoms with Gasteiger partial charge >= 0.3 is 0 Å². The molecule has 0 aliphatic carbocycles. The van der Waals surface area contributed by atoms with Crippen molar-refractivity contribution >= 4 is 0 Å². The average Bonchev–Trinajstić information content (AvgIpc) is 2.25. The molecule has 0 radical (unpaired) electrons. The minimum atomic E-state index is 0.685. The molecule has 18 heavy (non-hydrogen) atoms. The molecule has 1 N–H and O–H groups in total. The molecule has 0 aromatic rings. The maximum atomic E-state index is 3.57. The van der Waals surface area contributed by atoms with Crippen LogP contribution in [-0.4, -0.2) is 61.7 Å². The van der Waals surface area contributed by atoms with Gasteiger partial charge in [0, 0.05) is 31.7 Å². The van der Waals surface area contributed by atoms with Gasteiger partial charge in [-0.1, -0.05) is 20.8 Å². The first-order valence-corrected chi connectivity index (χ1v) is 7.55. The van der Waals surface area contributed by atoms with Gasteiger partial charge in [-0.15, -0.1) is 0 Å². The van der Waals surface area contributed by atoms with Crippen molar-refractivity contribution in [3.63, 3.8) is 0 Å². The summed E-state index contributed by atoms with van der Waals surface area (Å²) in [6.07, 6.45) is 0. The van der Waals surface area contributed by atoms with Gasteiger partial charge in [-0.25, -0.2) is 0 Å². The molecule has 0 bridgehead atoms. The fourth-order valence-corrected chi connectivity index (χ4v) is 2.79.